The molecular weight excluding hydrogens is 380 g/mol. The zero-order valence-corrected chi connectivity index (χ0v) is 17.1. The third-order valence-corrected chi connectivity index (χ3v) is 8.75. The van der Waals surface area contributed by atoms with Crippen LogP contribution in [0.5, 0.6) is 0 Å². The van der Waals surface area contributed by atoms with Crippen LogP contribution in [0, 0.1) is 12.8 Å². The average molecular weight is 405 g/mol. The number of carbonyl (C=O) groups is 1. The molecule has 1 atom stereocenters. The van der Waals surface area contributed by atoms with E-state index >= 15 is 0 Å². The number of rotatable bonds is 3. The van der Waals surface area contributed by atoms with Gasteiger partial charge in [-0.2, -0.15) is 4.31 Å². The molecule has 1 amide bonds. The Labute approximate surface area is 164 Å². The SMILES string of the molecule is Cc1cccc2c1N(C(=O)C1CCCN(S(=O)(=O)c3cccs3)C1)CCC2. The van der Waals surface area contributed by atoms with E-state index in [4.69, 9.17) is 0 Å². The van der Waals surface area contributed by atoms with Crippen LogP contribution in [0.2, 0.25) is 0 Å². The summed E-state index contributed by atoms with van der Waals surface area (Å²) in [6, 6.07) is 9.56. The molecule has 2 aromatic rings. The Morgan fingerprint density at radius 2 is 2.00 bits per heavy atom. The fourth-order valence-electron chi connectivity index (χ4n) is 4.19. The average Bonchev–Trinajstić information content (AvgIpc) is 3.23. The van der Waals surface area contributed by atoms with Crippen LogP contribution in [0.4, 0.5) is 5.69 Å². The maximum absolute atomic E-state index is 13.3. The van der Waals surface area contributed by atoms with E-state index in [1.165, 1.54) is 21.2 Å². The Morgan fingerprint density at radius 1 is 1.15 bits per heavy atom. The summed E-state index contributed by atoms with van der Waals surface area (Å²) in [5.74, 6) is -0.213. The lowest BCUT2D eigenvalue weighted by atomic mass is 9.93. The quantitative estimate of drug-likeness (QED) is 0.787. The first-order valence-corrected chi connectivity index (χ1v) is 11.7. The fourth-order valence-corrected chi connectivity index (χ4v) is 6.86. The molecule has 2 aliphatic rings. The van der Waals surface area contributed by atoms with Crippen molar-refractivity contribution in [3.8, 4) is 0 Å². The van der Waals surface area contributed by atoms with Crippen molar-refractivity contribution in [3.05, 3.63) is 46.8 Å². The molecule has 27 heavy (non-hydrogen) atoms. The van der Waals surface area contributed by atoms with E-state index < -0.39 is 10.0 Å². The van der Waals surface area contributed by atoms with Gasteiger partial charge in [-0.1, -0.05) is 24.3 Å². The molecule has 0 aliphatic carbocycles. The van der Waals surface area contributed by atoms with Gasteiger partial charge in [0.1, 0.15) is 4.21 Å². The normalized spacial score (nSPS) is 21.1. The van der Waals surface area contributed by atoms with Crippen LogP contribution < -0.4 is 4.90 Å². The van der Waals surface area contributed by atoms with Gasteiger partial charge < -0.3 is 4.90 Å². The van der Waals surface area contributed by atoms with E-state index in [2.05, 4.69) is 6.07 Å². The summed E-state index contributed by atoms with van der Waals surface area (Å²) in [6.45, 7) is 3.51. The second-order valence-electron chi connectivity index (χ2n) is 7.31. The predicted octanol–water partition coefficient (Wildman–Crippen LogP) is 3.44. The number of carbonyl (C=O) groups excluding carboxylic acids is 1. The molecule has 4 rings (SSSR count). The number of para-hydroxylation sites is 1. The molecule has 144 valence electrons. The summed E-state index contributed by atoms with van der Waals surface area (Å²) in [6.07, 6.45) is 3.40. The van der Waals surface area contributed by atoms with Crippen LogP contribution in [-0.4, -0.2) is 38.3 Å². The lowest BCUT2D eigenvalue weighted by molar-refractivity contribution is -0.123. The molecule has 0 saturated carbocycles. The van der Waals surface area contributed by atoms with E-state index in [-0.39, 0.29) is 18.4 Å². The van der Waals surface area contributed by atoms with Crippen molar-refractivity contribution in [2.45, 2.75) is 36.8 Å². The van der Waals surface area contributed by atoms with Crippen LogP contribution >= 0.6 is 11.3 Å². The Morgan fingerprint density at radius 3 is 2.78 bits per heavy atom. The van der Waals surface area contributed by atoms with Crippen molar-refractivity contribution in [3.63, 3.8) is 0 Å². The number of hydrogen-bond donors (Lipinski definition) is 0. The third kappa shape index (κ3) is 3.44. The number of anilines is 1. The second kappa shape index (κ2) is 7.37. The number of amides is 1. The number of fused-ring (bicyclic) bond motifs is 1. The topological polar surface area (TPSA) is 57.7 Å². The Balaban J connectivity index is 1.57. The van der Waals surface area contributed by atoms with Crippen LogP contribution in [0.1, 0.15) is 30.4 Å². The summed E-state index contributed by atoms with van der Waals surface area (Å²) in [5, 5.41) is 1.77. The molecule has 7 heteroatoms. The number of hydrogen-bond acceptors (Lipinski definition) is 4. The first-order valence-electron chi connectivity index (χ1n) is 9.42. The molecule has 2 aliphatic heterocycles. The van der Waals surface area contributed by atoms with Gasteiger partial charge in [-0.25, -0.2) is 8.42 Å². The molecule has 5 nitrogen and oxygen atoms in total. The zero-order valence-electron chi connectivity index (χ0n) is 15.4. The Bertz CT molecular complexity index is 938. The van der Waals surface area contributed by atoms with Gasteiger partial charge in [-0.15, -0.1) is 11.3 Å². The largest absolute Gasteiger partial charge is 0.312 e. The van der Waals surface area contributed by atoms with E-state index in [9.17, 15) is 13.2 Å². The van der Waals surface area contributed by atoms with Gasteiger partial charge in [-0.3, -0.25) is 4.79 Å². The monoisotopic (exact) mass is 404 g/mol. The molecular formula is C20H24N2O3S2. The highest BCUT2D eigenvalue weighted by Gasteiger charge is 2.37. The highest BCUT2D eigenvalue weighted by Crippen LogP contribution is 2.34. The van der Waals surface area contributed by atoms with Gasteiger partial charge in [0.25, 0.3) is 10.0 Å². The summed E-state index contributed by atoms with van der Waals surface area (Å²) < 4.78 is 27.6. The molecule has 1 aromatic heterocycles. The molecule has 1 saturated heterocycles. The van der Waals surface area contributed by atoms with E-state index in [1.54, 1.807) is 17.5 Å². The minimum absolute atomic E-state index is 0.0660. The van der Waals surface area contributed by atoms with Crippen molar-refractivity contribution in [2.24, 2.45) is 5.92 Å². The van der Waals surface area contributed by atoms with Gasteiger partial charge in [0.05, 0.1) is 5.92 Å². The van der Waals surface area contributed by atoms with Gasteiger partial charge in [0.15, 0.2) is 0 Å². The van der Waals surface area contributed by atoms with Crippen molar-refractivity contribution in [2.75, 3.05) is 24.5 Å². The highest BCUT2D eigenvalue weighted by molar-refractivity contribution is 7.91. The summed E-state index contributed by atoms with van der Waals surface area (Å²) in [7, 11) is -3.50. The number of thiophene rings is 1. The molecule has 3 heterocycles. The zero-order chi connectivity index (χ0) is 19.0. The minimum atomic E-state index is -3.50. The summed E-state index contributed by atoms with van der Waals surface area (Å²) in [5.41, 5.74) is 3.36. The molecule has 0 radical (unpaired) electrons. The first kappa shape index (κ1) is 18.7. The predicted molar refractivity (Wildman–Crippen MR) is 108 cm³/mol. The number of sulfonamides is 1. The van der Waals surface area contributed by atoms with Gasteiger partial charge in [-0.05, 0) is 55.2 Å². The molecule has 0 spiro atoms. The van der Waals surface area contributed by atoms with Crippen LogP contribution in [-0.2, 0) is 21.2 Å². The third-order valence-electron chi connectivity index (χ3n) is 5.51. The van der Waals surface area contributed by atoms with Crippen molar-refractivity contribution in [1.29, 1.82) is 0 Å². The second-order valence-corrected chi connectivity index (χ2v) is 10.4. The van der Waals surface area contributed by atoms with E-state index in [0.717, 1.165) is 36.9 Å². The molecule has 0 bridgehead atoms. The maximum atomic E-state index is 13.3. The fraction of sp³-hybridized carbons (Fsp3) is 0.450. The van der Waals surface area contributed by atoms with Crippen LogP contribution in [0.15, 0.2) is 39.9 Å². The lowest BCUT2D eigenvalue weighted by Crippen LogP contribution is -2.48. The number of aryl methyl sites for hydroxylation is 2. The van der Waals surface area contributed by atoms with Gasteiger partial charge in [0, 0.05) is 25.3 Å². The molecule has 1 fully saturated rings. The smallest absolute Gasteiger partial charge is 0.252 e. The standard InChI is InChI=1S/C20H24N2O3S2/c1-15-6-2-7-16-8-4-12-22(19(15)16)20(23)17-9-3-11-21(14-17)27(24,25)18-10-5-13-26-18/h2,5-7,10,13,17H,3-4,8-9,11-12,14H2,1H3. The summed E-state index contributed by atoms with van der Waals surface area (Å²) >= 11 is 1.23. The lowest BCUT2D eigenvalue weighted by Gasteiger charge is -2.37. The van der Waals surface area contributed by atoms with Crippen LogP contribution in [0.3, 0.4) is 0 Å². The number of nitrogens with zero attached hydrogens (tertiary/aromatic N) is 2. The summed E-state index contributed by atoms with van der Waals surface area (Å²) in [4.78, 5) is 15.2. The van der Waals surface area contributed by atoms with E-state index in [0.29, 0.717) is 17.3 Å². The number of piperidine rings is 1. The Hall–Kier alpha value is -1.70. The minimum Gasteiger partial charge on any atom is -0.312 e. The highest BCUT2D eigenvalue weighted by atomic mass is 32.2. The van der Waals surface area contributed by atoms with Crippen molar-refractivity contribution < 1.29 is 13.2 Å². The molecule has 1 unspecified atom stereocenters. The molecule has 0 N–H and O–H groups in total. The van der Waals surface area contributed by atoms with Crippen molar-refractivity contribution >= 4 is 33.0 Å². The van der Waals surface area contributed by atoms with Crippen molar-refractivity contribution in [1.82, 2.24) is 4.31 Å². The number of benzene rings is 1. The van der Waals surface area contributed by atoms with Gasteiger partial charge in [0.2, 0.25) is 5.91 Å². The first-order chi connectivity index (χ1) is 13.0. The maximum Gasteiger partial charge on any atom is 0.252 e. The van der Waals surface area contributed by atoms with Crippen LogP contribution in [0.25, 0.3) is 0 Å². The van der Waals surface area contributed by atoms with E-state index in [1.807, 2.05) is 24.0 Å². The Kier molecular flexibility index (Phi) is 5.09. The molecule has 1 aromatic carbocycles. The van der Waals surface area contributed by atoms with Gasteiger partial charge >= 0.3 is 0 Å².